The molecule has 0 bridgehead atoms. The zero-order valence-corrected chi connectivity index (χ0v) is 18.2. The van der Waals surface area contributed by atoms with Gasteiger partial charge in [0.2, 0.25) is 5.91 Å². The van der Waals surface area contributed by atoms with Gasteiger partial charge in [0.25, 0.3) is 5.56 Å². The number of thioether (sulfide) groups is 1. The average molecular weight is 418 g/mol. The summed E-state index contributed by atoms with van der Waals surface area (Å²) in [6.07, 6.45) is 0. The molecule has 2 heterocycles. The Balaban J connectivity index is 1.83. The number of hydrogen-bond donors (Lipinski definition) is 1. The summed E-state index contributed by atoms with van der Waals surface area (Å²) >= 11 is 2.78. The van der Waals surface area contributed by atoms with Crippen molar-refractivity contribution >= 4 is 44.9 Å². The molecule has 0 atom stereocenters. The number of carbonyl (C=O) groups is 1. The van der Waals surface area contributed by atoms with Gasteiger partial charge in [0.1, 0.15) is 10.6 Å². The minimum Gasteiger partial charge on any atom is -0.495 e. The molecule has 0 unspecified atom stereocenters. The molecule has 0 aliphatic heterocycles. The quantitative estimate of drug-likeness (QED) is 0.482. The molecule has 0 aliphatic rings. The first-order chi connectivity index (χ1) is 13.3. The van der Waals surface area contributed by atoms with Gasteiger partial charge in [-0.2, -0.15) is 0 Å². The molecule has 0 saturated heterocycles. The average Bonchev–Trinajstić information content (AvgIpc) is 2.94. The van der Waals surface area contributed by atoms with Crippen LogP contribution >= 0.6 is 23.1 Å². The molecule has 8 heteroatoms. The summed E-state index contributed by atoms with van der Waals surface area (Å²) in [4.78, 5) is 31.8. The highest BCUT2D eigenvalue weighted by Gasteiger charge is 2.17. The first-order valence-corrected chi connectivity index (χ1v) is 10.7. The number of thiophene rings is 1. The second-order valence-corrected chi connectivity index (χ2v) is 8.59. The van der Waals surface area contributed by atoms with Gasteiger partial charge in [0.05, 0.1) is 23.9 Å². The Bertz CT molecular complexity index is 1100. The Hall–Kier alpha value is -2.32. The van der Waals surface area contributed by atoms with Crippen LogP contribution in [0.3, 0.4) is 0 Å². The molecule has 0 saturated carbocycles. The highest BCUT2D eigenvalue weighted by Crippen LogP contribution is 2.29. The van der Waals surface area contributed by atoms with E-state index in [1.807, 2.05) is 45.9 Å². The highest BCUT2D eigenvalue weighted by molar-refractivity contribution is 7.99. The number of aryl methyl sites for hydroxylation is 3. The van der Waals surface area contributed by atoms with Gasteiger partial charge in [-0.15, -0.1) is 11.3 Å². The maximum absolute atomic E-state index is 12.9. The number of aromatic nitrogens is 2. The van der Waals surface area contributed by atoms with Crippen LogP contribution in [0.4, 0.5) is 5.69 Å². The molecule has 0 spiro atoms. The molecule has 2 aromatic heterocycles. The van der Waals surface area contributed by atoms with Gasteiger partial charge in [-0.3, -0.25) is 14.2 Å². The monoisotopic (exact) mass is 417 g/mol. The number of methoxy groups -OCH3 is 1. The van der Waals surface area contributed by atoms with Crippen molar-refractivity contribution in [1.82, 2.24) is 9.55 Å². The summed E-state index contributed by atoms with van der Waals surface area (Å²) in [5.74, 6) is 0.584. The van der Waals surface area contributed by atoms with E-state index in [1.54, 1.807) is 11.7 Å². The molecule has 3 rings (SSSR count). The molecular weight excluding hydrogens is 394 g/mol. The summed E-state index contributed by atoms with van der Waals surface area (Å²) in [6, 6.07) is 5.61. The zero-order valence-electron chi connectivity index (χ0n) is 16.6. The van der Waals surface area contributed by atoms with Crippen molar-refractivity contribution in [2.75, 3.05) is 18.2 Å². The van der Waals surface area contributed by atoms with Gasteiger partial charge in [0.15, 0.2) is 5.16 Å². The van der Waals surface area contributed by atoms with Gasteiger partial charge >= 0.3 is 0 Å². The zero-order chi connectivity index (χ0) is 20.4. The van der Waals surface area contributed by atoms with Crippen molar-refractivity contribution in [3.8, 4) is 5.75 Å². The fourth-order valence-electron chi connectivity index (χ4n) is 2.93. The maximum Gasteiger partial charge on any atom is 0.263 e. The lowest BCUT2D eigenvalue weighted by Crippen LogP contribution is -2.23. The van der Waals surface area contributed by atoms with Crippen LogP contribution in [0.5, 0.6) is 5.75 Å². The highest BCUT2D eigenvalue weighted by atomic mass is 32.2. The number of anilines is 1. The van der Waals surface area contributed by atoms with Crippen LogP contribution in [-0.2, 0) is 11.3 Å². The Morgan fingerprint density at radius 2 is 2.07 bits per heavy atom. The van der Waals surface area contributed by atoms with E-state index in [1.165, 1.54) is 23.1 Å². The molecule has 1 aromatic carbocycles. The van der Waals surface area contributed by atoms with E-state index in [0.29, 0.717) is 28.5 Å². The number of carbonyl (C=O) groups excluding carboxylic acids is 1. The number of fused-ring (bicyclic) bond motifs is 1. The van der Waals surface area contributed by atoms with Crippen molar-refractivity contribution in [2.24, 2.45) is 0 Å². The summed E-state index contributed by atoms with van der Waals surface area (Å²) in [5.41, 5.74) is 2.60. The summed E-state index contributed by atoms with van der Waals surface area (Å²) in [6.45, 7) is 8.31. The number of nitrogens with one attached hydrogen (secondary N) is 1. The largest absolute Gasteiger partial charge is 0.495 e. The minimum atomic E-state index is -0.176. The first kappa shape index (κ1) is 20.4. The van der Waals surface area contributed by atoms with Crippen molar-refractivity contribution in [2.45, 2.75) is 39.4 Å². The second-order valence-electron chi connectivity index (χ2n) is 6.45. The lowest BCUT2D eigenvalue weighted by molar-refractivity contribution is -0.113. The van der Waals surface area contributed by atoms with E-state index in [4.69, 9.17) is 4.74 Å². The maximum atomic E-state index is 12.9. The summed E-state index contributed by atoms with van der Waals surface area (Å²) < 4.78 is 6.93. The summed E-state index contributed by atoms with van der Waals surface area (Å²) in [5, 5.41) is 4.12. The molecule has 1 N–H and O–H groups in total. The van der Waals surface area contributed by atoms with E-state index in [0.717, 1.165) is 20.8 Å². The minimum absolute atomic E-state index is 0.0439. The fourth-order valence-corrected chi connectivity index (χ4v) is 4.87. The molecule has 28 heavy (non-hydrogen) atoms. The third-order valence-corrected chi connectivity index (χ3v) is 6.61. The van der Waals surface area contributed by atoms with Crippen molar-refractivity contribution in [3.63, 3.8) is 0 Å². The molecule has 1 amide bonds. The van der Waals surface area contributed by atoms with Gasteiger partial charge in [-0.25, -0.2) is 4.98 Å². The normalized spacial score (nSPS) is 11.0. The van der Waals surface area contributed by atoms with Crippen LogP contribution < -0.4 is 15.6 Å². The number of nitrogens with zero attached hydrogens (tertiary/aromatic N) is 2. The van der Waals surface area contributed by atoms with Crippen molar-refractivity contribution in [3.05, 3.63) is 44.6 Å². The Morgan fingerprint density at radius 3 is 2.75 bits per heavy atom. The van der Waals surface area contributed by atoms with E-state index < -0.39 is 0 Å². The van der Waals surface area contributed by atoms with Crippen LogP contribution in [0.25, 0.3) is 10.2 Å². The molecule has 3 aromatic rings. The van der Waals surface area contributed by atoms with E-state index in [2.05, 4.69) is 10.3 Å². The third kappa shape index (κ3) is 3.93. The fraction of sp³-hybridized carbons (Fsp3) is 0.350. The molecule has 0 fully saturated rings. The Labute approximate surface area is 171 Å². The van der Waals surface area contributed by atoms with E-state index >= 15 is 0 Å². The topological polar surface area (TPSA) is 73.2 Å². The SMILES string of the molecule is CCn1c(SCC(=O)Nc2cc(C)ccc2OC)nc2sc(C)c(C)c2c1=O. The number of benzene rings is 1. The lowest BCUT2D eigenvalue weighted by atomic mass is 10.2. The molecular formula is C20H23N3O3S2. The van der Waals surface area contributed by atoms with Gasteiger partial charge in [-0.05, 0) is 51.0 Å². The number of ether oxygens (including phenoxy) is 1. The number of amides is 1. The van der Waals surface area contributed by atoms with Crippen LogP contribution in [0.1, 0.15) is 22.9 Å². The lowest BCUT2D eigenvalue weighted by Gasteiger charge is -2.12. The number of hydrogen-bond acceptors (Lipinski definition) is 6. The summed E-state index contributed by atoms with van der Waals surface area (Å²) in [7, 11) is 1.57. The molecule has 0 radical (unpaired) electrons. The predicted octanol–water partition coefficient (Wildman–Crippen LogP) is 4.14. The van der Waals surface area contributed by atoms with Crippen LogP contribution in [-0.4, -0.2) is 28.3 Å². The third-order valence-electron chi connectivity index (χ3n) is 4.53. The van der Waals surface area contributed by atoms with Crippen LogP contribution in [0.2, 0.25) is 0 Å². The van der Waals surface area contributed by atoms with Crippen molar-refractivity contribution < 1.29 is 9.53 Å². The first-order valence-electron chi connectivity index (χ1n) is 8.93. The Kier molecular flexibility index (Phi) is 6.10. The van der Waals surface area contributed by atoms with Crippen LogP contribution in [0.15, 0.2) is 28.2 Å². The molecule has 0 aliphatic carbocycles. The van der Waals surface area contributed by atoms with E-state index in [9.17, 15) is 9.59 Å². The Morgan fingerprint density at radius 1 is 1.32 bits per heavy atom. The van der Waals surface area contributed by atoms with Gasteiger partial charge < -0.3 is 10.1 Å². The number of rotatable bonds is 6. The van der Waals surface area contributed by atoms with Crippen LogP contribution in [0, 0.1) is 20.8 Å². The molecule has 148 valence electrons. The second kappa shape index (κ2) is 8.36. The van der Waals surface area contributed by atoms with Gasteiger partial charge in [-0.1, -0.05) is 17.8 Å². The smallest absolute Gasteiger partial charge is 0.263 e. The van der Waals surface area contributed by atoms with Crippen molar-refractivity contribution in [1.29, 1.82) is 0 Å². The van der Waals surface area contributed by atoms with Gasteiger partial charge in [0, 0.05) is 11.4 Å². The molecule has 6 nitrogen and oxygen atoms in total. The standard InChI is InChI=1S/C20H23N3O3S2/c1-6-23-19(25)17-12(3)13(4)28-18(17)22-20(23)27-10-16(24)21-14-9-11(2)7-8-15(14)26-5/h7-9H,6,10H2,1-5H3,(H,21,24). The van der Waals surface area contributed by atoms with E-state index in [-0.39, 0.29) is 17.2 Å². The predicted molar refractivity (Wildman–Crippen MR) is 116 cm³/mol.